The van der Waals surface area contributed by atoms with E-state index >= 15 is 0 Å². The Morgan fingerprint density at radius 1 is 1.25 bits per heavy atom. The van der Waals surface area contributed by atoms with Crippen LogP contribution in [0.2, 0.25) is 0 Å². The van der Waals surface area contributed by atoms with Crippen molar-refractivity contribution in [2.75, 3.05) is 32.8 Å². The lowest BCUT2D eigenvalue weighted by Gasteiger charge is -2.21. The SMILES string of the molecule is CCCN(CCCN)C(=O)CCCOCC. The quantitative estimate of drug-likeness (QED) is 0.577. The molecule has 0 aromatic rings. The van der Waals surface area contributed by atoms with E-state index in [2.05, 4.69) is 6.92 Å². The Hall–Kier alpha value is -0.610. The molecule has 0 radical (unpaired) electrons. The number of carbonyl (C=O) groups is 1. The lowest BCUT2D eigenvalue weighted by atomic mass is 10.2. The molecule has 0 rings (SSSR count). The molecule has 1 amide bonds. The fraction of sp³-hybridized carbons (Fsp3) is 0.917. The van der Waals surface area contributed by atoms with Gasteiger partial charge < -0.3 is 15.4 Å². The molecule has 0 aromatic heterocycles. The van der Waals surface area contributed by atoms with Crippen LogP contribution in [-0.2, 0) is 9.53 Å². The summed E-state index contributed by atoms with van der Waals surface area (Å²) < 4.78 is 5.21. The second-order valence-corrected chi connectivity index (χ2v) is 3.82. The van der Waals surface area contributed by atoms with Crippen molar-refractivity contribution in [2.24, 2.45) is 5.73 Å². The van der Waals surface area contributed by atoms with Gasteiger partial charge in [-0.15, -0.1) is 0 Å². The van der Waals surface area contributed by atoms with Crippen LogP contribution < -0.4 is 5.73 Å². The van der Waals surface area contributed by atoms with Crippen LogP contribution in [0, 0.1) is 0 Å². The van der Waals surface area contributed by atoms with Crippen LogP contribution in [0.15, 0.2) is 0 Å². The van der Waals surface area contributed by atoms with E-state index in [4.69, 9.17) is 10.5 Å². The molecule has 16 heavy (non-hydrogen) atoms. The number of carbonyl (C=O) groups excluding carboxylic acids is 1. The summed E-state index contributed by atoms with van der Waals surface area (Å²) in [6.45, 7) is 7.73. The molecule has 0 atom stereocenters. The highest BCUT2D eigenvalue weighted by Crippen LogP contribution is 2.01. The minimum atomic E-state index is 0.231. The summed E-state index contributed by atoms with van der Waals surface area (Å²) in [4.78, 5) is 13.7. The fourth-order valence-corrected chi connectivity index (χ4v) is 1.54. The van der Waals surface area contributed by atoms with E-state index in [9.17, 15) is 4.79 Å². The van der Waals surface area contributed by atoms with Crippen LogP contribution in [0.1, 0.15) is 39.5 Å². The van der Waals surface area contributed by atoms with Gasteiger partial charge in [0.25, 0.3) is 0 Å². The highest BCUT2D eigenvalue weighted by molar-refractivity contribution is 5.76. The normalized spacial score (nSPS) is 10.4. The Morgan fingerprint density at radius 2 is 2.00 bits per heavy atom. The van der Waals surface area contributed by atoms with Crippen molar-refractivity contribution < 1.29 is 9.53 Å². The molecule has 0 spiro atoms. The smallest absolute Gasteiger partial charge is 0.222 e. The maximum Gasteiger partial charge on any atom is 0.222 e. The van der Waals surface area contributed by atoms with Gasteiger partial charge in [0.05, 0.1) is 0 Å². The first kappa shape index (κ1) is 15.4. The Morgan fingerprint density at radius 3 is 2.56 bits per heavy atom. The number of amides is 1. The highest BCUT2D eigenvalue weighted by atomic mass is 16.5. The monoisotopic (exact) mass is 230 g/mol. The zero-order valence-corrected chi connectivity index (χ0v) is 10.7. The summed E-state index contributed by atoms with van der Waals surface area (Å²) in [6, 6.07) is 0. The number of hydrogen-bond donors (Lipinski definition) is 1. The van der Waals surface area contributed by atoms with Crippen molar-refractivity contribution in [3.8, 4) is 0 Å². The summed E-state index contributed by atoms with van der Waals surface area (Å²) in [7, 11) is 0. The molecule has 0 aromatic carbocycles. The van der Waals surface area contributed by atoms with Crippen molar-refractivity contribution in [1.82, 2.24) is 4.90 Å². The van der Waals surface area contributed by atoms with E-state index in [0.29, 0.717) is 19.6 Å². The molecule has 0 bridgehead atoms. The van der Waals surface area contributed by atoms with Crippen molar-refractivity contribution >= 4 is 5.91 Å². The molecule has 4 nitrogen and oxygen atoms in total. The van der Waals surface area contributed by atoms with E-state index in [1.54, 1.807) is 0 Å². The zero-order valence-electron chi connectivity index (χ0n) is 10.7. The molecule has 0 saturated carbocycles. The van der Waals surface area contributed by atoms with Gasteiger partial charge in [-0.2, -0.15) is 0 Å². The summed E-state index contributed by atoms with van der Waals surface area (Å²) in [5, 5.41) is 0. The Kier molecular flexibility index (Phi) is 10.5. The molecule has 0 aliphatic carbocycles. The second kappa shape index (κ2) is 10.9. The number of rotatable bonds is 10. The van der Waals surface area contributed by atoms with Crippen molar-refractivity contribution in [3.05, 3.63) is 0 Å². The van der Waals surface area contributed by atoms with Gasteiger partial charge in [-0.3, -0.25) is 4.79 Å². The van der Waals surface area contributed by atoms with Crippen LogP contribution in [-0.4, -0.2) is 43.7 Å². The maximum atomic E-state index is 11.8. The molecular formula is C12H26N2O2. The van der Waals surface area contributed by atoms with Gasteiger partial charge in [0.15, 0.2) is 0 Å². The average molecular weight is 230 g/mol. The van der Waals surface area contributed by atoms with Crippen molar-refractivity contribution in [1.29, 1.82) is 0 Å². The summed E-state index contributed by atoms with van der Waals surface area (Å²) >= 11 is 0. The topological polar surface area (TPSA) is 55.6 Å². The van der Waals surface area contributed by atoms with Gasteiger partial charge in [0, 0.05) is 32.7 Å². The Bertz CT molecular complexity index is 174. The third-order valence-electron chi connectivity index (χ3n) is 2.36. The first-order valence-electron chi connectivity index (χ1n) is 6.31. The fourth-order valence-electron chi connectivity index (χ4n) is 1.54. The van der Waals surface area contributed by atoms with Crippen LogP contribution in [0.4, 0.5) is 0 Å². The third-order valence-corrected chi connectivity index (χ3v) is 2.36. The van der Waals surface area contributed by atoms with E-state index in [1.165, 1.54) is 0 Å². The van der Waals surface area contributed by atoms with Gasteiger partial charge in [-0.25, -0.2) is 0 Å². The van der Waals surface area contributed by atoms with E-state index < -0.39 is 0 Å². The van der Waals surface area contributed by atoms with Crippen LogP contribution in [0.25, 0.3) is 0 Å². The molecule has 0 aliphatic rings. The minimum Gasteiger partial charge on any atom is -0.382 e. The van der Waals surface area contributed by atoms with Crippen LogP contribution in [0.5, 0.6) is 0 Å². The lowest BCUT2D eigenvalue weighted by molar-refractivity contribution is -0.131. The number of ether oxygens (including phenoxy) is 1. The largest absolute Gasteiger partial charge is 0.382 e. The molecule has 0 aliphatic heterocycles. The number of nitrogens with two attached hydrogens (primary N) is 1. The third kappa shape index (κ3) is 7.65. The first-order valence-corrected chi connectivity index (χ1v) is 6.31. The van der Waals surface area contributed by atoms with Gasteiger partial charge in [-0.05, 0) is 32.7 Å². The molecule has 0 fully saturated rings. The predicted molar refractivity (Wildman–Crippen MR) is 66.3 cm³/mol. The van der Waals surface area contributed by atoms with E-state index in [-0.39, 0.29) is 5.91 Å². The van der Waals surface area contributed by atoms with Crippen molar-refractivity contribution in [3.63, 3.8) is 0 Å². The van der Waals surface area contributed by atoms with Crippen LogP contribution in [0.3, 0.4) is 0 Å². The average Bonchev–Trinajstić information content (AvgIpc) is 2.29. The Balaban J connectivity index is 3.77. The van der Waals surface area contributed by atoms with Gasteiger partial charge in [0.2, 0.25) is 5.91 Å². The van der Waals surface area contributed by atoms with Gasteiger partial charge >= 0.3 is 0 Å². The molecular weight excluding hydrogens is 204 g/mol. The van der Waals surface area contributed by atoms with E-state index in [1.807, 2.05) is 11.8 Å². The molecule has 0 saturated heterocycles. The molecule has 96 valence electrons. The predicted octanol–water partition coefficient (Wildman–Crippen LogP) is 1.39. The summed E-state index contributed by atoms with van der Waals surface area (Å²) in [5.41, 5.74) is 5.45. The van der Waals surface area contributed by atoms with Crippen molar-refractivity contribution in [2.45, 2.75) is 39.5 Å². The highest BCUT2D eigenvalue weighted by Gasteiger charge is 2.11. The molecule has 0 heterocycles. The minimum absolute atomic E-state index is 0.231. The maximum absolute atomic E-state index is 11.8. The molecule has 4 heteroatoms. The second-order valence-electron chi connectivity index (χ2n) is 3.82. The number of nitrogens with zero attached hydrogens (tertiary/aromatic N) is 1. The van der Waals surface area contributed by atoms with Gasteiger partial charge in [-0.1, -0.05) is 6.92 Å². The zero-order chi connectivity index (χ0) is 12.2. The lowest BCUT2D eigenvalue weighted by Crippen LogP contribution is -2.33. The van der Waals surface area contributed by atoms with Gasteiger partial charge in [0.1, 0.15) is 0 Å². The first-order chi connectivity index (χ1) is 7.76. The van der Waals surface area contributed by atoms with E-state index in [0.717, 1.165) is 39.0 Å². The summed E-state index contributed by atoms with van der Waals surface area (Å²) in [6.07, 6.45) is 3.29. The Labute approximate surface area is 99.1 Å². The number of hydrogen-bond acceptors (Lipinski definition) is 3. The summed E-state index contributed by atoms with van der Waals surface area (Å²) in [5.74, 6) is 0.231. The molecule has 2 N–H and O–H groups in total. The molecule has 0 unspecified atom stereocenters. The van der Waals surface area contributed by atoms with Crippen LogP contribution >= 0.6 is 0 Å². The standard InChI is InChI=1S/C12H26N2O2/c1-3-9-14(10-6-8-13)12(15)7-5-11-16-4-2/h3-11,13H2,1-2H3.